The lowest BCUT2D eigenvalue weighted by molar-refractivity contribution is 0.337. The number of nitrogens with one attached hydrogen (secondary N) is 1. The molecule has 0 radical (unpaired) electrons. The van der Waals surface area contributed by atoms with Gasteiger partial charge in [0.05, 0.1) is 28.4 Å². The van der Waals surface area contributed by atoms with Crippen LogP contribution in [0.15, 0.2) is 48.6 Å². The highest BCUT2D eigenvalue weighted by atomic mass is 35.5. The standard InChI is InChI=1S/C20H19Cl2NO/c1-2-24-17-11-5-8-14-12-6-3-7-13(12)19(23-20(14)17)15-9-4-10-16(21)18(15)22/h3-6,8-13,19,23H,2,7H2,1H3/t12-,13+,19-/m0/s1. The maximum atomic E-state index is 6.52. The second-order valence-corrected chi connectivity index (χ2v) is 7.06. The van der Waals surface area contributed by atoms with Crippen molar-refractivity contribution in [2.75, 3.05) is 11.9 Å². The Hall–Kier alpha value is -1.64. The molecule has 2 nitrogen and oxygen atoms in total. The van der Waals surface area contributed by atoms with Gasteiger partial charge in [-0.25, -0.2) is 0 Å². The van der Waals surface area contributed by atoms with E-state index in [1.165, 1.54) is 5.56 Å². The second-order valence-electron chi connectivity index (χ2n) is 6.27. The maximum absolute atomic E-state index is 6.52. The van der Waals surface area contributed by atoms with Gasteiger partial charge in [0.15, 0.2) is 0 Å². The van der Waals surface area contributed by atoms with Gasteiger partial charge in [-0.1, -0.05) is 59.6 Å². The summed E-state index contributed by atoms with van der Waals surface area (Å²) in [7, 11) is 0. The number of anilines is 1. The van der Waals surface area contributed by atoms with E-state index in [9.17, 15) is 0 Å². The molecule has 1 N–H and O–H groups in total. The molecule has 1 heterocycles. The summed E-state index contributed by atoms with van der Waals surface area (Å²) in [5.74, 6) is 1.71. The first-order valence-electron chi connectivity index (χ1n) is 8.33. The third kappa shape index (κ3) is 2.49. The van der Waals surface area contributed by atoms with Gasteiger partial charge in [-0.2, -0.15) is 0 Å². The van der Waals surface area contributed by atoms with E-state index < -0.39 is 0 Å². The van der Waals surface area contributed by atoms with Gasteiger partial charge in [-0.05, 0) is 42.5 Å². The van der Waals surface area contributed by atoms with Gasteiger partial charge in [-0.15, -0.1) is 0 Å². The summed E-state index contributed by atoms with van der Waals surface area (Å²) in [5.41, 5.74) is 3.43. The Kier molecular flexibility index (Phi) is 4.19. The third-order valence-corrected chi connectivity index (χ3v) is 5.81. The molecule has 0 amide bonds. The molecule has 3 atom stereocenters. The zero-order valence-electron chi connectivity index (χ0n) is 13.4. The predicted octanol–water partition coefficient (Wildman–Crippen LogP) is 6.22. The largest absolute Gasteiger partial charge is 0.492 e. The quantitative estimate of drug-likeness (QED) is 0.656. The number of rotatable bonds is 3. The zero-order chi connectivity index (χ0) is 16.7. The Balaban J connectivity index is 1.83. The van der Waals surface area contributed by atoms with Crippen LogP contribution >= 0.6 is 23.2 Å². The predicted molar refractivity (Wildman–Crippen MR) is 100 cm³/mol. The van der Waals surface area contributed by atoms with Crippen LogP contribution in [0.2, 0.25) is 10.0 Å². The summed E-state index contributed by atoms with van der Waals surface area (Å²) in [4.78, 5) is 0. The molecule has 2 aromatic rings. The number of benzene rings is 2. The maximum Gasteiger partial charge on any atom is 0.142 e. The number of hydrogen-bond acceptors (Lipinski definition) is 2. The van der Waals surface area contributed by atoms with Crippen molar-refractivity contribution in [3.05, 3.63) is 69.7 Å². The van der Waals surface area contributed by atoms with Gasteiger partial charge in [0.2, 0.25) is 0 Å². The fourth-order valence-electron chi connectivity index (χ4n) is 3.94. The minimum Gasteiger partial charge on any atom is -0.492 e. The van der Waals surface area contributed by atoms with E-state index in [1.54, 1.807) is 0 Å². The first-order valence-corrected chi connectivity index (χ1v) is 9.09. The summed E-state index contributed by atoms with van der Waals surface area (Å²) in [6, 6.07) is 12.3. The molecule has 0 saturated carbocycles. The van der Waals surface area contributed by atoms with Crippen molar-refractivity contribution >= 4 is 28.9 Å². The topological polar surface area (TPSA) is 21.3 Å². The Morgan fingerprint density at radius 2 is 1.92 bits per heavy atom. The molecule has 0 aromatic heterocycles. The van der Waals surface area contributed by atoms with Crippen molar-refractivity contribution in [2.45, 2.75) is 25.3 Å². The highest BCUT2D eigenvalue weighted by Gasteiger charge is 2.39. The molecule has 24 heavy (non-hydrogen) atoms. The van der Waals surface area contributed by atoms with E-state index in [0.717, 1.165) is 23.4 Å². The van der Waals surface area contributed by atoms with Crippen LogP contribution in [0.25, 0.3) is 0 Å². The summed E-state index contributed by atoms with van der Waals surface area (Å²) in [6.45, 7) is 2.65. The Morgan fingerprint density at radius 1 is 1.12 bits per heavy atom. The van der Waals surface area contributed by atoms with Crippen LogP contribution in [0.1, 0.15) is 36.4 Å². The van der Waals surface area contributed by atoms with Crippen molar-refractivity contribution in [3.8, 4) is 5.75 Å². The first kappa shape index (κ1) is 15.9. The zero-order valence-corrected chi connectivity index (χ0v) is 14.9. The van der Waals surface area contributed by atoms with Gasteiger partial charge < -0.3 is 10.1 Å². The molecule has 1 aliphatic carbocycles. The SMILES string of the molecule is CCOc1cccc2c1N[C@H](c1cccc(Cl)c1Cl)[C@@H]1CC=C[C@H]21. The minimum absolute atomic E-state index is 0.116. The van der Waals surface area contributed by atoms with Crippen LogP contribution in [0.3, 0.4) is 0 Å². The minimum atomic E-state index is 0.116. The number of hydrogen-bond donors (Lipinski definition) is 1. The lowest BCUT2D eigenvalue weighted by Gasteiger charge is -2.38. The van der Waals surface area contributed by atoms with Gasteiger partial charge in [0.25, 0.3) is 0 Å². The molecule has 4 rings (SSSR count). The van der Waals surface area contributed by atoms with Crippen molar-refractivity contribution in [3.63, 3.8) is 0 Å². The molecule has 2 aliphatic rings. The molecular weight excluding hydrogens is 341 g/mol. The lowest BCUT2D eigenvalue weighted by Crippen LogP contribution is -2.29. The molecule has 124 valence electrons. The Morgan fingerprint density at radius 3 is 2.75 bits per heavy atom. The average Bonchev–Trinajstić information content (AvgIpc) is 3.07. The second kappa shape index (κ2) is 6.34. The number of ether oxygens (including phenoxy) is 1. The van der Waals surface area contributed by atoms with Crippen LogP contribution in [0, 0.1) is 5.92 Å². The average molecular weight is 360 g/mol. The Bertz CT molecular complexity index is 802. The fourth-order valence-corrected chi connectivity index (χ4v) is 4.36. The summed E-state index contributed by atoms with van der Waals surface area (Å²) >= 11 is 12.8. The Labute approximate surface area is 152 Å². The third-order valence-electron chi connectivity index (χ3n) is 4.97. The van der Waals surface area contributed by atoms with E-state index >= 15 is 0 Å². The summed E-state index contributed by atoms with van der Waals surface area (Å²) in [5, 5.41) is 4.94. The summed E-state index contributed by atoms with van der Waals surface area (Å²) < 4.78 is 5.85. The van der Waals surface area contributed by atoms with E-state index in [0.29, 0.717) is 28.5 Å². The van der Waals surface area contributed by atoms with E-state index in [2.05, 4.69) is 35.7 Å². The van der Waals surface area contributed by atoms with E-state index in [-0.39, 0.29) is 6.04 Å². The molecule has 0 unspecified atom stereocenters. The van der Waals surface area contributed by atoms with Crippen LogP contribution in [-0.4, -0.2) is 6.61 Å². The van der Waals surface area contributed by atoms with Gasteiger partial charge in [0, 0.05) is 5.92 Å². The highest BCUT2D eigenvalue weighted by Crippen LogP contribution is 2.53. The molecular formula is C20H19Cl2NO. The molecule has 0 saturated heterocycles. The number of halogens is 2. The van der Waals surface area contributed by atoms with Crippen LogP contribution in [0.5, 0.6) is 5.75 Å². The highest BCUT2D eigenvalue weighted by molar-refractivity contribution is 6.42. The van der Waals surface area contributed by atoms with Crippen LogP contribution in [0.4, 0.5) is 5.69 Å². The van der Waals surface area contributed by atoms with Crippen molar-refractivity contribution < 1.29 is 4.74 Å². The normalized spacial score (nSPS) is 24.2. The smallest absolute Gasteiger partial charge is 0.142 e. The molecule has 4 heteroatoms. The van der Waals surface area contributed by atoms with Crippen molar-refractivity contribution in [1.29, 1.82) is 0 Å². The van der Waals surface area contributed by atoms with Crippen LogP contribution in [-0.2, 0) is 0 Å². The van der Waals surface area contributed by atoms with E-state index in [1.807, 2.05) is 25.1 Å². The fraction of sp³-hybridized carbons (Fsp3) is 0.300. The van der Waals surface area contributed by atoms with E-state index in [4.69, 9.17) is 27.9 Å². The van der Waals surface area contributed by atoms with Gasteiger partial charge >= 0.3 is 0 Å². The number of allylic oxidation sites excluding steroid dienone is 2. The van der Waals surface area contributed by atoms with Gasteiger partial charge in [0.1, 0.15) is 5.75 Å². The molecule has 1 aliphatic heterocycles. The number of para-hydroxylation sites is 1. The molecule has 0 bridgehead atoms. The van der Waals surface area contributed by atoms with Crippen molar-refractivity contribution in [2.24, 2.45) is 5.92 Å². The summed E-state index contributed by atoms with van der Waals surface area (Å²) in [6.07, 6.45) is 5.61. The lowest BCUT2D eigenvalue weighted by atomic mass is 9.77. The van der Waals surface area contributed by atoms with Gasteiger partial charge in [-0.3, -0.25) is 0 Å². The molecule has 0 fully saturated rings. The molecule has 2 aromatic carbocycles. The monoisotopic (exact) mass is 359 g/mol. The van der Waals surface area contributed by atoms with Crippen LogP contribution < -0.4 is 10.1 Å². The first-order chi connectivity index (χ1) is 11.7. The molecule has 0 spiro atoms. The van der Waals surface area contributed by atoms with Crippen molar-refractivity contribution in [1.82, 2.24) is 0 Å². The number of fused-ring (bicyclic) bond motifs is 3.